The van der Waals surface area contributed by atoms with Crippen molar-refractivity contribution in [3.63, 3.8) is 0 Å². The van der Waals surface area contributed by atoms with E-state index in [4.69, 9.17) is 0 Å². The Labute approximate surface area is 193 Å². The summed E-state index contributed by atoms with van der Waals surface area (Å²) in [4.78, 5) is 6.29. The van der Waals surface area contributed by atoms with Gasteiger partial charge in [0.2, 0.25) is 0 Å². The van der Waals surface area contributed by atoms with E-state index in [1.165, 1.54) is 6.07 Å². The molecule has 2 unspecified atom stereocenters. The van der Waals surface area contributed by atoms with E-state index in [1.807, 2.05) is 24.1 Å². The van der Waals surface area contributed by atoms with Crippen LogP contribution in [0.1, 0.15) is 31.4 Å². The normalized spacial score (nSPS) is 19.6. The van der Waals surface area contributed by atoms with Crippen molar-refractivity contribution in [2.75, 3.05) is 25.0 Å². The van der Waals surface area contributed by atoms with Gasteiger partial charge in [0.25, 0.3) is 0 Å². The number of halogens is 2. The Morgan fingerprint density at radius 3 is 2.64 bits per heavy atom. The lowest BCUT2D eigenvalue weighted by Crippen LogP contribution is -2.51. The minimum Gasteiger partial charge on any atom is -0.389 e. The number of alkyl halides is 1. The summed E-state index contributed by atoms with van der Waals surface area (Å²) in [5.41, 5.74) is 3.81. The summed E-state index contributed by atoms with van der Waals surface area (Å²) in [6, 6.07) is 4.92. The first-order valence-electron chi connectivity index (χ1n) is 11.2. The second-order valence-corrected chi connectivity index (χ2v) is 9.63. The van der Waals surface area contributed by atoms with E-state index in [0.717, 1.165) is 34.6 Å². The number of hydrogen-bond donors (Lipinski definition) is 2. The Morgan fingerprint density at radius 1 is 1.12 bits per heavy atom. The lowest BCUT2D eigenvalue weighted by Gasteiger charge is -2.37. The highest BCUT2D eigenvalue weighted by Gasteiger charge is 2.31. The largest absolute Gasteiger partial charge is 0.389 e. The van der Waals surface area contributed by atoms with E-state index in [0.29, 0.717) is 18.5 Å². The Balaban J connectivity index is 1.47. The first-order chi connectivity index (χ1) is 15.6. The summed E-state index contributed by atoms with van der Waals surface area (Å²) in [5, 5.41) is 17.7. The van der Waals surface area contributed by atoms with Crippen LogP contribution >= 0.6 is 0 Å². The number of aliphatic hydroxyl groups is 1. The molecule has 4 rings (SSSR count). The minimum absolute atomic E-state index is 0.233. The summed E-state index contributed by atoms with van der Waals surface area (Å²) in [6.07, 6.45) is 6.66. The number of rotatable bonds is 6. The second kappa shape index (κ2) is 9.19. The van der Waals surface area contributed by atoms with Gasteiger partial charge in [0.05, 0.1) is 29.2 Å². The minimum atomic E-state index is -1.04. The summed E-state index contributed by atoms with van der Waals surface area (Å²) in [5.74, 6) is -0.233. The molecule has 1 fully saturated rings. The number of anilines is 1. The third-order valence-corrected chi connectivity index (χ3v) is 5.97. The van der Waals surface area contributed by atoms with Gasteiger partial charge in [-0.2, -0.15) is 5.10 Å². The number of likely N-dealkylation sites (tertiary alicyclic amines) is 1. The average molecular weight is 456 g/mol. The number of piperidine rings is 1. The van der Waals surface area contributed by atoms with Crippen molar-refractivity contribution in [1.82, 2.24) is 19.7 Å². The summed E-state index contributed by atoms with van der Waals surface area (Å²) >= 11 is 0. The van der Waals surface area contributed by atoms with Gasteiger partial charge in [0, 0.05) is 49.4 Å². The van der Waals surface area contributed by atoms with Gasteiger partial charge in [-0.15, -0.1) is 0 Å². The maximum Gasteiger partial charge on any atom is 0.133 e. The molecule has 0 saturated carbocycles. The fraction of sp³-hybridized carbons (Fsp3) is 0.440. The van der Waals surface area contributed by atoms with Crippen molar-refractivity contribution in [2.24, 2.45) is 0 Å². The van der Waals surface area contributed by atoms with E-state index >= 15 is 0 Å². The Morgan fingerprint density at radius 2 is 1.91 bits per heavy atom. The number of pyridine rings is 1. The topological polar surface area (TPSA) is 66.2 Å². The van der Waals surface area contributed by atoms with Gasteiger partial charge in [-0.1, -0.05) is 0 Å². The predicted molar refractivity (Wildman–Crippen MR) is 126 cm³/mol. The number of benzene rings is 1. The van der Waals surface area contributed by atoms with Crippen molar-refractivity contribution < 1.29 is 13.9 Å². The number of hydrogen-bond acceptors (Lipinski definition) is 5. The molecule has 0 amide bonds. The van der Waals surface area contributed by atoms with Crippen molar-refractivity contribution >= 4 is 5.69 Å². The van der Waals surface area contributed by atoms with E-state index < -0.39 is 11.8 Å². The van der Waals surface area contributed by atoms with Gasteiger partial charge in [-0.05, 0) is 63.4 Å². The van der Waals surface area contributed by atoms with E-state index in [-0.39, 0.29) is 18.4 Å². The molecule has 1 saturated heterocycles. The number of nitrogens with one attached hydrogen (secondary N) is 1. The van der Waals surface area contributed by atoms with Crippen LogP contribution in [0.5, 0.6) is 0 Å². The molecule has 6 nitrogen and oxygen atoms in total. The van der Waals surface area contributed by atoms with Gasteiger partial charge in [0.15, 0.2) is 0 Å². The first kappa shape index (κ1) is 23.3. The summed E-state index contributed by atoms with van der Waals surface area (Å²) in [7, 11) is 0. The summed E-state index contributed by atoms with van der Waals surface area (Å²) in [6.45, 7) is 8.52. The third-order valence-electron chi connectivity index (χ3n) is 5.97. The maximum absolute atomic E-state index is 14.8. The zero-order valence-corrected chi connectivity index (χ0v) is 19.5. The van der Waals surface area contributed by atoms with Gasteiger partial charge in [-0.3, -0.25) is 9.88 Å². The van der Waals surface area contributed by atoms with Crippen molar-refractivity contribution in [2.45, 2.75) is 51.9 Å². The molecule has 1 aromatic carbocycles. The molecule has 0 spiro atoms. The zero-order chi connectivity index (χ0) is 23.8. The second-order valence-electron chi connectivity index (χ2n) is 9.63. The molecular formula is C25H31F2N5O. The molecule has 8 heteroatoms. The van der Waals surface area contributed by atoms with Crippen LogP contribution < -0.4 is 5.32 Å². The molecule has 0 aliphatic carbocycles. The number of aryl methyl sites for hydroxylation is 2. The van der Waals surface area contributed by atoms with Crippen LogP contribution in [0.2, 0.25) is 0 Å². The molecule has 2 aromatic heterocycles. The molecule has 3 aromatic rings. The maximum atomic E-state index is 14.8. The van der Waals surface area contributed by atoms with Gasteiger partial charge in [-0.25, -0.2) is 13.5 Å². The van der Waals surface area contributed by atoms with Crippen molar-refractivity contribution in [3.05, 3.63) is 59.9 Å². The monoisotopic (exact) mass is 455 g/mol. The first-order valence-corrected chi connectivity index (χ1v) is 11.2. The van der Waals surface area contributed by atoms with Crippen molar-refractivity contribution in [3.8, 4) is 16.8 Å². The van der Waals surface area contributed by atoms with E-state index in [1.54, 1.807) is 50.1 Å². The lowest BCUT2D eigenvalue weighted by atomic mass is 10.0. The van der Waals surface area contributed by atoms with E-state index in [9.17, 15) is 13.9 Å². The van der Waals surface area contributed by atoms with Crippen molar-refractivity contribution in [1.29, 1.82) is 0 Å². The molecular weight excluding hydrogens is 424 g/mol. The van der Waals surface area contributed by atoms with Crippen LogP contribution in [-0.4, -0.2) is 62.2 Å². The molecule has 33 heavy (non-hydrogen) atoms. The quantitative estimate of drug-likeness (QED) is 0.581. The summed E-state index contributed by atoms with van der Waals surface area (Å²) < 4.78 is 30.4. The Kier molecular flexibility index (Phi) is 6.50. The SMILES string of the molecule is Cc1cc(-n2cc(-c3cncc(NC4CCN(CC(C)(C)O)CC4F)c3)cn2)c(C)cc1F. The molecule has 0 bridgehead atoms. The fourth-order valence-corrected chi connectivity index (χ4v) is 4.33. The van der Waals surface area contributed by atoms with Crippen LogP contribution in [0.15, 0.2) is 43.0 Å². The molecule has 1 aliphatic rings. The van der Waals surface area contributed by atoms with Crippen LogP contribution in [0.3, 0.4) is 0 Å². The number of nitrogens with zero attached hydrogens (tertiary/aromatic N) is 4. The lowest BCUT2D eigenvalue weighted by molar-refractivity contribution is 0.0148. The Bertz CT molecular complexity index is 1120. The predicted octanol–water partition coefficient (Wildman–Crippen LogP) is 4.29. The highest BCUT2D eigenvalue weighted by Crippen LogP contribution is 2.26. The average Bonchev–Trinajstić information content (AvgIpc) is 3.22. The van der Waals surface area contributed by atoms with Gasteiger partial charge >= 0.3 is 0 Å². The van der Waals surface area contributed by atoms with Gasteiger partial charge in [0.1, 0.15) is 12.0 Å². The van der Waals surface area contributed by atoms with Crippen LogP contribution in [0.25, 0.3) is 16.8 Å². The Hall–Kier alpha value is -2.84. The molecule has 0 radical (unpaired) electrons. The molecule has 2 atom stereocenters. The molecule has 1 aliphatic heterocycles. The molecule has 2 N–H and O–H groups in total. The highest BCUT2D eigenvalue weighted by atomic mass is 19.1. The molecule has 3 heterocycles. The van der Waals surface area contributed by atoms with Gasteiger partial charge < -0.3 is 10.4 Å². The van der Waals surface area contributed by atoms with Crippen LogP contribution in [0.4, 0.5) is 14.5 Å². The van der Waals surface area contributed by atoms with Crippen LogP contribution in [-0.2, 0) is 0 Å². The number of β-amino-alcohol motifs (C(OH)–C–C–N with tert-alkyl or cyclic N) is 1. The van der Waals surface area contributed by atoms with E-state index in [2.05, 4.69) is 15.4 Å². The fourth-order valence-electron chi connectivity index (χ4n) is 4.33. The zero-order valence-electron chi connectivity index (χ0n) is 19.5. The highest BCUT2D eigenvalue weighted by molar-refractivity contribution is 5.66. The van der Waals surface area contributed by atoms with Crippen LogP contribution in [0, 0.1) is 19.7 Å². The standard InChI is InChI=1S/C25H31F2N5O/c1-16-8-24(17(2)7-21(16)26)32-13-19(11-29-32)18-9-20(12-28-10-18)30-23-5-6-31(14-22(23)27)15-25(3,4)33/h7-13,22-23,30,33H,5-6,14-15H2,1-4H3. The third kappa shape index (κ3) is 5.57. The smallest absolute Gasteiger partial charge is 0.133 e. The molecule has 176 valence electrons. The number of aromatic nitrogens is 3.